The van der Waals surface area contributed by atoms with E-state index in [0.29, 0.717) is 0 Å². The van der Waals surface area contributed by atoms with Crippen LogP contribution < -0.4 is 10.5 Å². The Hall–Kier alpha value is -0.710. The number of benzene rings is 1. The third-order valence-electron chi connectivity index (χ3n) is 2.25. The Morgan fingerprint density at radius 3 is 2.40 bits per heavy atom. The maximum Gasteiger partial charge on any atom is 0.242 e. The van der Waals surface area contributed by atoms with Gasteiger partial charge >= 0.3 is 0 Å². The summed E-state index contributed by atoms with van der Waals surface area (Å²) in [6.07, 6.45) is 1.00. The molecule has 1 unspecified atom stereocenters. The average molecular weight is 389 g/mol. The summed E-state index contributed by atoms with van der Waals surface area (Å²) in [4.78, 5) is -0.314. The third-order valence-corrected chi connectivity index (χ3v) is 5.61. The third kappa shape index (κ3) is 4.69. The van der Waals surface area contributed by atoms with Crippen LogP contribution in [0.3, 0.4) is 0 Å². The SMILES string of the molecule is CC(CS(C)(=O)=O)NS(=O)(=O)c1cc(Br)c(F)cc1N. The summed E-state index contributed by atoms with van der Waals surface area (Å²) in [5, 5.41) is 0. The standard InChI is InChI=1S/C10H14BrFN2O4S2/c1-6(5-19(2,15)16)14-20(17,18)10-3-7(11)8(12)4-9(10)13/h3-4,6,14H,5,13H2,1-2H3. The van der Waals surface area contributed by atoms with Gasteiger partial charge in [-0.25, -0.2) is 25.9 Å². The van der Waals surface area contributed by atoms with Crippen LogP contribution in [0.2, 0.25) is 0 Å². The van der Waals surface area contributed by atoms with Gasteiger partial charge in [0.1, 0.15) is 20.5 Å². The zero-order valence-corrected chi connectivity index (χ0v) is 13.9. The highest BCUT2D eigenvalue weighted by Gasteiger charge is 2.23. The van der Waals surface area contributed by atoms with Crippen molar-refractivity contribution in [2.24, 2.45) is 0 Å². The van der Waals surface area contributed by atoms with Gasteiger partial charge in [-0.2, -0.15) is 0 Å². The van der Waals surface area contributed by atoms with Gasteiger partial charge in [-0.3, -0.25) is 0 Å². The van der Waals surface area contributed by atoms with Crippen molar-refractivity contribution >= 4 is 41.5 Å². The second kappa shape index (κ2) is 5.96. The number of hydrogen-bond donors (Lipinski definition) is 2. The predicted molar refractivity (Wildman–Crippen MR) is 78.0 cm³/mol. The molecule has 1 aromatic carbocycles. The van der Waals surface area contributed by atoms with E-state index < -0.39 is 31.7 Å². The maximum atomic E-state index is 13.2. The van der Waals surface area contributed by atoms with Gasteiger partial charge in [-0.1, -0.05) is 0 Å². The van der Waals surface area contributed by atoms with Crippen molar-refractivity contribution in [1.29, 1.82) is 0 Å². The molecule has 1 rings (SSSR count). The lowest BCUT2D eigenvalue weighted by molar-refractivity contribution is 0.564. The highest BCUT2D eigenvalue weighted by Crippen LogP contribution is 2.26. The van der Waals surface area contributed by atoms with E-state index in [9.17, 15) is 21.2 Å². The van der Waals surface area contributed by atoms with Crippen LogP contribution in [-0.4, -0.2) is 34.9 Å². The van der Waals surface area contributed by atoms with Crippen molar-refractivity contribution in [1.82, 2.24) is 4.72 Å². The van der Waals surface area contributed by atoms with Crippen molar-refractivity contribution in [3.05, 3.63) is 22.4 Å². The van der Waals surface area contributed by atoms with Gasteiger partial charge in [0.15, 0.2) is 0 Å². The molecule has 0 fully saturated rings. The summed E-state index contributed by atoms with van der Waals surface area (Å²) in [6.45, 7) is 1.41. The molecule has 0 aliphatic carbocycles. The quantitative estimate of drug-likeness (QED) is 0.728. The molecule has 0 heterocycles. The molecule has 1 atom stereocenters. The minimum Gasteiger partial charge on any atom is -0.398 e. The Balaban J connectivity index is 3.09. The van der Waals surface area contributed by atoms with E-state index in [-0.39, 0.29) is 20.8 Å². The van der Waals surface area contributed by atoms with Crippen LogP contribution in [0.4, 0.5) is 10.1 Å². The summed E-state index contributed by atoms with van der Waals surface area (Å²) in [7, 11) is -7.37. The van der Waals surface area contributed by atoms with E-state index in [1.165, 1.54) is 6.92 Å². The first kappa shape index (κ1) is 17.3. The zero-order valence-electron chi connectivity index (χ0n) is 10.7. The molecule has 20 heavy (non-hydrogen) atoms. The maximum absolute atomic E-state index is 13.2. The molecule has 0 aliphatic heterocycles. The molecule has 0 saturated carbocycles. The Kier molecular flexibility index (Phi) is 5.17. The molecule has 0 aromatic heterocycles. The second-order valence-corrected chi connectivity index (χ2v) is 9.14. The Morgan fingerprint density at radius 2 is 1.90 bits per heavy atom. The van der Waals surface area contributed by atoms with Crippen molar-refractivity contribution in [3.8, 4) is 0 Å². The fourth-order valence-corrected chi connectivity index (χ4v) is 4.57. The van der Waals surface area contributed by atoms with E-state index in [1.54, 1.807) is 0 Å². The number of sulfonamides is 1. The fraction of sp³-hybridized carbons (Fsp3) is 0.400. The molecule has 10 heteroatoms. The average Bonchev–Trinajstić information content (AvgIpc) is 2.19. The lowest BCUT2D eigenvalue weighted by atomic mass is 10.3. The van der Waals surface area contributed by atoms with Gasteiger partial charge in [0.2, 0.25) is 10.0 Å². The van der Waals surface area contributed by atoms with E-state index in [0.717, 1.165) is 18.4 Å². The first-order valence-corrected chi connectivity index (χ1v) is 9.70. The number of halogens is 2. The Bertz CT molecular complexity index is 719. The number of anilines is 1. The first-order valence-electron chi connectivity index (χ1n) is 5.37. The number of hydrogen-bond acceptors (Lipinski definition) is 5. The van der Waals surface area contributed by atoms with E-state index >= 15 is 0 Å². The molecule has 3 N–H and O–H groups in total. The van der Waals surface area contributed by atoms with Gasteiger partial charge in [0.05, 0.1) is 15.9 Å². The van der Waals surface area contributed by atoms with Crippen molar-refractivity contribution < 1.29 is 21.2 Å². The van der Waals surface area contributed by atoms with Crippen LogP contribution in [0.1, 0.15) is 6.92 Å². The van der Waals surface area contributed by atoms with Crippen LogP contribution in [0, 0.1) is 5.82 Å². The van der Waals surface area contributed by atoms with Gasteiger partial charge in [0, 0.05) is 12.3 Å². The summed E-state index contributed by atoms with van der Waals surface area (Å²) in [5.41, 5.74) is 5.22. The number of rotatable bonds is 5. The zero-order chi connectivity index (χ0) is 15.7. The molecule has 1 aromatic rings. The highest BCUT2D eigenvalue weighted by molar-refractivity contribution is 9.10. The molecule has 0 saturated heterocycles. The van der Waals surface area contributed by atoms with Crippen molar-refractivity contribution in [3.63, 3.8) is 0 Å². The lowest BCUT2D eigenvalue weighted by Crippen LogP contribution is -2.37. The van der Waals surface area contributed by atoms with Crippen LogP contribution in [-0.2, 0) is 19.9 Å². The molecule has 0 bridgehead atoms. The van der Waals surface area contributed by atoms with E-state index in [2.05, 4.69) is 20.7 Å². The second-order valence-electron chi connectivity index (χ2n) is 4.42. The Morgan fingerprint density at radius 1 is 1.35 bits per heavy atom. The number of nitrogen functional groups attached to an aromatic ring is 1. The molecule has 0 spiro atoms. The van der Waals surface area contributed by atoms with E-state index in [4.69, 9.17) is 5.73 Å². The number of nitrogens with two attached hydrogens (primary N) is 1. The topological polar surface area (TPSA) is 106 Å². The lowest BCUT2D eigenvalue weighted by Gasteiger charge is -2.15. The summed E-state index contributed by atoms with van der Waals surface area (Å²) < 4.78 is 61.7. The van der Waals surface area contributed by atoms with E-state index in [1.807, 2.05) is 0 Å². The van der Waals surface area contributed by atoms with Crippen LogP contribution in [0.5, 0.6) is 0 Å². The molecular formula is C10H14BrFN2O4S2. The number of nitrogens with one attached hydrogen (secondary N) is 1. The van der Waals surface area contributed by atoms with Crippen LogP contribution >= 0.6 is 15.9 Å². The largest absolute Gasteiger partial charge is 0.398 e. The molecule has 0 radical (unpaired) electrons. The molecule has 0 aliphatic rings. The van der Waals surface area contributed by atoms with Gasteiger partial charge in [-0.15, -0.1) is 0 Å². The fourth-order valence-electron chi connectivity index (χ4n) is 1.59. The summed E-state index contributed by atoms with van der Waals surface area (Å²) in [5.74, 6) is -1.04. The molecule has 0 amide bonds. The van der Waals surface area contributed by atoms with Gasteiger partial charge in [0.25, 0.3) is 0 Å². The van der Waals surface area contributed by atoms with Crippen LogP contribution in [0.15, 0.2) is 21.5 Å². The molecule has 6 nitrogen and oxygen atoms in total. The summed E-state index contributed by atoms with van der Waals surface area (Å²) >= 11 is 2.87. The first-order chi connectivity index (χ1) is 8.92. The van der Waals surface area contributed by atoms with Gasteiger partial charge in [-0.05, 0) is 35.0 Å². The Labute approximate surface area is 125 Å². The summed E-state index contributed by atoms with van der Waals surface area (Å²) in [6, 6.07) is 1.07. The minimum atomic E-state index is -4.04. The molecule has 114 valence electrons. The smallest absolute Gasteiger partial charge is 0.242 e. The minimum absolute atomic E-state index is 0.0529. The van der Waals surface area contributed by atoms with Crippen molar-refractivity contribution in [2.75, 3.05) is 17.7 Å². The molecular weight excluding hydrogens is 375 g/mol. The van der Waals surface area contributed by atoms with Gasteiger partial charge < -0.3 is 5.73 Å². The van der Waals surface area contributed by atoms with Crippen LogP contribution in [0.25, 0.3) is 0 Å². The number of sulfone groups is 1. The van der Waals surface area contributed by atoms with Crippen molar-refractivity contribution in [2.45, 2.75) is 17.9 Å². The monoisotopic (exact) mass is 388 g/mol. The predicted octanol–water partition coefficient (Wildman–Crippen LogP) is 0.882. The highest BCUT2D eigenvalue weighted by atomic mass is 79.9. The normalized spacial score (nSPS) is 14.2.